The molecule has 0 aromatic heterocycles. The molecule has 1 rings (SSSR count). The van der Waals surface area contributed by atoms with E-state index < -0.39 is 0 Å². The summed E-state index contributed by atoms with van der Waals surface area (Å²) in [6, 6.07) is 6.56. The predicted molar refractivity (Wildman–Crippen MR) is 104 cm³/mol. The summed E-state index contributed by atoms with van der Waals surface area (Å²) in [6.07, 6.45) is 6.10. The molecule has 0 fully saturated rings. The topological polar surface area (TPSA) is 52.6 Å². The second-order valence-electron chi connectivity index (χ2n) is 7.63. The van der Waals surface area contributed by atoms with Gasteiger partial charge in [-0.3, -0.25) is 0 Å². The number of hydrogen-bond donors (Lipinski definition) is 0. The molecule has 0 atom stereocenters. The van der Waals surface area contributed by atoms with E-state index in [9.17, 15) is 9.59 Å². The highest BCUT2D eigenvalue weighted by molar-refractivity contribution is 5.95. The van der Waals surface area contributed by atoms with Gasteiger partial charge in [0.15, 0.2) is 0 Å². The smallest absolute Gasteiger partial charge is 0.338 e. The molecule has 0 bridgehead atoms. The molecule has 0 spiro atoms. The molecule has 0 heterocycles. The van der Waals surface area contributed by atoms with E-state index in [0.29, 0.717) is 36.2 Å². The Morgan fingerprint density at radius 3 is 1.58 bits per heavy atom. The van der Waals surface area contributed by atoms with Crippen LogP contribution in [0.4, 0.5) is 0 Å². The first-order valence-electron chi connectivity index (χ1n) is 9.84. The number of benzene rings is 1. The lowest BCUT2D eigenvalue weighted by atomic mass is 10.1. The van der Waals surface area contributed by atoms with Crippen LogP contribution in [-0.4, -0.2) is 25.2 Å². The zero-order valence-electron chi connectivity index (χ0n) is 16.8. The minimum Gasteiger partial charge on any atom is -0.462 e. The molecule has 1 aromatic carbocycles. The van der Waals surface area contributed by atoms with Crippen LogP contribution in [0.2, 0.25) is 0 Å². The molecular weight excluding hydrogens is 328 g/mol. The summed E-state index contributed by atoms with van der Waals surface area (Å²) < 4.78 is 10.6. The van der Waals surface area contributed by atoms with E-state index in [1.807, 2.05) is 0 Å². The van der Waals surface area contributed by atoms with Crippen molar-refractivity contribution in [3.8, 4) is 0 Å². The fraction of sp³-hybridized carbons (Fsp3) is 0.636. The van der Waals surface area contributed by atoms with Gasteiger partial charge in [-0.25, -0.2) is 9.59 Å². The van der Waals surface area contributed by atoms with Gasteiger partial charge >= 0.3 is 11.9 Å². The van der Waals surface area contributed by atoms with Crippen LogP contribution in [0.5, 0.6) is 0 Å². The Morgan fingerprint density at radius 2 is 1.19 bits per heavy atom. The molecule has 0 radical (unpaired) electrons. The quantitative estimate of drug-likeness (QED) is 0.356. The zero-order chi connectivity index (χ0) is 19.4. The number of carbonyl (C=O) groups excluding carboxylic acids is 2. The average Bonchev–Trinajstić information content (AvgIpc) is 2.60. The van der Waals surface area contributed by atoms with E-state index in [0.717, 1.165) is 38.5 Å². The van der Waals surface area contributed by atoms with E-state index in [2.05, 4.69) is 27.7 Å². The monoisotopic (exact) mass is 362 g/mol. The first-order chi connectivity index (χ1) is 12.4. The van der Waals surface area contributed by atoms with Crippen molar-refractivity contribution >= 4 is 11.9 Å². The van der Waals surface area contributed by atoms with E-state index >= 15 is 0 Å². The van der Waals surface area contributed by atoms with Gasteiger partial charge in [0.1, 0.15) is 0 Å². The highest BCUT2D eigenvalue weighted by atomic mass is 16.5. The van der Waals surface area contributed by atoms with Gasteiger partial charge in [0.2, 0.25) is 0 Å². The van der Waals surface area contributed by atoms with Crippen LogP contribution in [0.25, 0.3) is 0 Å². The minimum atomic E-state index is -0.388. The van der Waals surface area contributed by atoms with Gasteiger partial charge in [-0.2, -0.15) is 0 Å². The van der Waals surface area contributed by atoms with Crippen LogP contribution in [-0.2, 0) is 9.47 Å². The Kier molecular flexibility index (Phi) is 10.7. The molecule has 0 amide bonds. The van der Waals surface area contributed by atoms with Gasteiger partial charge in [-0.15, -0.1) is 0 Å². The van der Waals surface area contributed by atoms with Crippen LogP contribution in [0.3, 0.4) is 0 Å². The molecule has 0 saturated heterocycles. The molecule has 0 unspecified atom stereocenters. The van der Waals surface area contributed by atoms with Crippen LogP contribution in [0.15, 0.2) is 24.3 Å². The van der Waals surface area contributed by atoms with Crippen LogP contribution >= 0.6 is 0 Å². The molecular formula is C22H34O4. The van der Waals surface area contributed by atoms with E-state index in [-0.39, 0.29) is 11.9 Å². The lowest BCUT2D eigenvalue weighted by Gasteiger charge is -2.08. The van der Waals surface area contributed by atoms with Gasteiger partial charge in [-0.05, 0) is 55.7 Å². The maximum Gasteiger partial charge on any atom is 0.338 e. The number of unbranched alkanes of at least 4 members (excludes halogenated alkanes) is 2. The predicted octanol–water partition coefficient (Wildman–Crippen LogP) is 5.65. The minimum absolute atomic E-state index is 0.388. The van der Waals surface area contributed by atoms with Crippen LogP contribution in [0.1, 0.15) is 86.9 Å². The molecule has 146 valence electrons. The maximum atomic E-state index is 12.1. The number of hydrogen-bond acceptors (Lipinski definition) is 4. The van der Waals surface area contributed by atoms with E-state index in [1.54, 1.807) is 24.3 Å². The molecule has 0 saturated carbocycles. The summed E-state index contributed by atoms with van der Waals surface area (Å²) in [5.74, 6) is 0.555. The Morgan fingerprint density at radius 1 is 0.769 bits per heavy atom. The Labute approximate surface area is 158 Å². The SMILES string of the molecule is CC(C)CCCCOC(=O)c1cccc(C(=O)OCCCCC(C)C)c1. The van der Waals surface area contributed by atoms with Crippen molar-refractivity contribution in [2.24, 2.45) is 11.8 Å². The first kappa shape index (κ1) is 22.2. The van der Waals surface area contributed by atoms with Gasteiger partial charge < -0.3 is 9.47 Å². The van der Waals surface area contributed by atoms with Gasteiger partial charge in [0.25, 0.3) is 0 Å². The molecule has 0 N–H and O–H groups in total. The molecule has 0 aliphatic rings. The van der Waals surface area contributed by atoms with Crippen molar-refractivity contribution in [1.82, 2.24) is 0 Å². The summed E-state index contributed by atoms with van der Waals surface area (Å²) in [7, 11) is 0. The normalized spacial score (nSPS) is 11.0. The molecule has 26 heavy (non-hydrogen) atoms. The maximum absolute atomic E-state index is 12.1. The fourth-order valence-corrected chi connectivity index (χ4v) is 2.58. The van der Waals surface area contributed by atoms with Crippen molar-refractivity contribution in [2.45, 2.75) is 66.2 Å². The summed E-state index contributed by atoms with van der Waals surface area (Å²) in [5.41, 5.74) is 0.784. The molecule has 0 aliphatic heterocycles. The van der Waals surface area contributed by atoms with Crippen LogP contribution in [0, 0.1) is 11.8 Å². The second kappa shape index (κ2) is 12.5. The molecule has 4 heteroatoms. The average molecular weight is 363 g/mol. The summed E-state index contributed by atoms with van der Waals surface area (Å²) >= 11 is 0. The Hall–Kier alpha value is -1.84. The van der Waals surface area contributed by atoms with E-state index in [4.69, 9.17) is 9.47 Å². The van der Waals surface area contributed by atoms with Gasteiger partial charge in [0.05, 0.1) is 24.3 Å². The van der Waals surface area contributed by atoms with E-state index in [1.165, 1.54) is 0 Å². The third kappa shape index (κ3) is 9.59. The van der Waals surface area contributed by atoms with Crippen molar-refractivity contribution in [3.63, 3.8) is 0 Å². The number of esters is 2. The Bertz CT molecular complexity index is 504. The Balaban J connectivity index is 2.38. The van der Waals surface area contributed by atoms with Gasteiger partial charge in [-0.1, -0.05) is 46.6 Å². The molecule has 1 aromatic rings. The summed E-state index contributed by atoms with van der Waals surface area (Å²) in [4.78, 5) is 24.2. The second-order valence-corrected chi connectivity index (χ2v) is 7.63. The molecule has 0 aliphatic carbocycles. The largest absolute Gasteiger partial charge is 0.462 e. The third-order valence-corrected chi connectivity index (χ3v) is 4.15. The number of ether oxygens (including phenoxy) is 2. The third-order valence-electron chi connectivity index (χ3n) is 4.15. The summed E-state index contributed by atoms with van der Waals surface area (Å²) in [6.45, 7) is 9.55. The zero-order valence-corrected chi connectivity index (χ0v) is 16.8. The standard InChI is InChI=1S/C22H34O4/c1-17(2)10-5-7-14-25-21(23)19-12-9-13-20(16-19)22(24)26-15-8-6-11-18(3)4/h9,12-13,16-18H,5-8,10-11,14-15H2,1-4H3. The van der Waals surface area contributed by atoms with Crippen molar-refractivity contribution < 1.29 is 19.1 Å². The van der Waals surface area contributed by atoms with Crippen LogP contribution < -0.4 is 0 Å². The summed E-state index contributed by atoms with van der Waals surface area (Å²) in [5, 5.41) is 0. The van der Waals surface area contributed by atoms with Crippen molar-refractivity contribution in [2.75, 3.05) is 13.2 Å². The highest BCUT2D eigenvalue weighted by Crippen LogP contribution is 2.11. The lowest BCUT2D eigenvalue weighted by Crippen LogP contribution is -2.10. The fourth-order valence-electron chi connectivity index (χ4n) is 2.58. The lowest BCUT2D eigenvalue weighted by molar-refractivity contribution is 0.0495. The molecule has 4 nitrogen and oxygen atoms in total. The highest BCUT2D eigenvalue weighted by Gasteiger charge is 2.12. The van der Waals surface area contributed by atoms with Gasteiger partial charge in [0, 0.05) is 0 Å². The number of rotatable bonds is 12. The number of carbonyl (C=O) groups is 2. The van der Waals surface area contributed by atoms with Crippen molar-refractivity contribution in [3.05, 3.63) is 35.4 Å². The first-order valence-corrected chi connectivity index (χ1v) is 9.84. The van der Waals surface area contributed by atoms with Crippen molar-refractivity contribution in [1.29, 1.82) is 0 Å².